The maximum atomic E-state index is 12.7. The first-order valence-corrected chi connectivity index (χ1v) is 9.16. The monoisotopic (exact) mass is 346 g/mol. The summed E-state index contributed by atoms with van der Waals surface area (Å²) in [5, 5.41) is 5.85. The summed E-state index contributed by atoms with van der Waals surface area (Å²) < 4.78 is 5.18. The van der Waals surface area contributed by atoms with E-state index in [1.807, 2.05) is 32.0 Å². The first-order chi connectivity index (χ1) is 11.9. The Bertz CT molecular complexity index is 592. The Morgan fingerprint density at radius 2 is 1.84 bits per heavy atom. The third-order valence-electron chi connectivity index (χ3n) is 4.97. The van der Waals surface area contributed by atoms with Gasteiger partial charge in [-0.05, 0) is 49.7 Å². The highest BCUT2D eigenvalue weighted by molar-refractivity contribution is 5.97. The molecule has 0 spiro atoms. The van der Waals surface area contributed by atoms with Crippen molar-refractivity contribution in [3.8, 4) is 5.75 Å². The molecule has 1 aliphatic rings. The molecule has 2 N–H and O–H groups in total. The van der Waals surface area contributed by atoms with Gasteiger partial charge in [0, 0.05) is 17.7 Å². The lowest BCUT2D eigenvalue weighted by Gasteiger charge is -2.28. The van der Waals surface area contributed by atoms with E-state index in [-0.39, 0.29) is 23.7 Å². The van der Waals surface area contributed by atoms with Gasteiger partial charge >= 0.3 is 0 Å². The molecule has 1 saturated carbocycles. The average molecular weight is 346 g/mol. The second kappa shape index (κ2) is 8.88. The van der Waals surface area contributed by atoms with Crippen molar-refractivity contribution in [2.45, 2.75) is 52.5 Å². The van der Waals surface area contributed by atoms with Gasteiger partial charge in [-0.1, -0.05) is 26.8 Å². The zero-order valence-electron chi connectivity index (χ0n) is 15.7. The minimum Gasteiger partial charge on any atom is -0.497 e. The standard InChI is InChI=1S/C20H30N2O3/c1-13(2)18(22-19(23)15-10-8-14(3)9-11-15)20(24)21-16-6-5-7-17(12-16)25-4/h5-7,12-15,18H,8-11H2,1-4H3,(H,21,24)(H,22,23)/t14?,15?,18-/m0/s1. The molecule has 0 bridgehead atoms. The number of carbonyl (C=O) groups excluding carboxylic acids is 2. The van der Waals surface area contributed by atoms with Gasteiger partial charge in [0.15, 0.2) is 0 Å². The molecule has 138 valence electrons. The van der Waals surface area contributed by atoms with Crippen molar-refractivity contribution in [3.63, 3.8) is 0 Å². The number of methoxy groups -OCH3 is 1. The van der Waals surface area contributed by atoms with Crippen LogP contribution >= 0.6 is 0 Å². The molecule has 0 saturated heterocycles. The van der Waals surface area contributed by atoms with Crippen molar-refractivity contribution in [3.05, 3.63) is 24.3 Å². The van der Waals surface area contributed by atoms with Crippen LogP contribution in [0.3, 0.4) is 0 Å². The van der Waals surface area contributed by atoms with Gasteiger partial charge < -0.3 is 15.4 Å². The van der Waals surface area contributed by atoms with Crippen LogP contribution < -0.4 is 15.4 Å². The first-order valence-electron chi connectivity index (χ1n) is 9.16. The second-order valence-electron chi connectivity index (χ2n) is 7.41. The number of rotatable bonds is 6. The van der Waals surface area contributed by atoms with Crippen LogP contribution in [0.2, 0.25) is 0 Å². The molecule has 25 heavy (non-hydrogen) atoms. The van der Waals surface area contributed by atoms with E-state index in [9.17, 15) is 9.59 Å². The summed E-state index contributed by atoms with van der Waals surface area (Å²) in [4.78, 5) is 25.2. The van der Waals surface area contributed by atoms with Gasteiger partial charge in [-0.25, -0.2) is 0 Å². The van der Waals surface area contributed by atoms with E-state index >= 15 is 0 Å². The van der Waals surface area contributed by atoms with Gasteiger partial charge in [0.05, 0.1) is 7.11 Å². The van der Waals surface area contributed by atoms with Crippen LogP contribution in [-0.2, 0) is 9.59 Å². The minimum absolute atomic E-state index is 0.00592. The lowest BCUT2D eigenvalue weighted by molar-refractivity contribution is -0.131. The van der Waals surface area contributed by atoms with Crippen molar-refractivity contribution < 1.29 is 14.3 Å². The zero-order chi connectivity index (χ0) is 18.4. The smallest absolute Gasteiger partial charge is 0.247 e. The zero-order valence-corrected chi connectivity index (χ0v) is 15.7. The van der Waals surface area contributed by atoms with Crippen LogP contribution in [0.1, 0.15) is 46.5 Å². The van der Waals surface area contributed by atoms with Crippen LogP contribution in [0.25, 0.3) is 0 Å². The molecular weight excluding hydrogens is 316 g/mol. The van der Waals surface area contributed by atoms with Crippen molar-refractivity contribution in [1.29, 1.82) is 0 Å². The third-order valence-corrected chi connectivity index (χ3v) is 4.97. The maximum absolute atomic E-state index is 12.7. The Labute approximate surface area is 150 Å². The molecule has 0 aromatic heterocycles. The van der Waals surface area contributed by atoms with E-state index in [1.54, 1.807) is 13.2 Å². The number of carbonyl (C=O) groups is 2. The molecule has 1 aromatic carbocycles. The molecule has 2 rings (SSSR count). The third kappa shape index (κ3) is 5.48. The Hall–Kier alpha value is -2.04. The predicted octanol–water partition coefficient (Wildman–Crippen LogP) is 3.60. The van der Waals surface area contributed by atoms with E-state index < -0.39 is 6.04 Å². The molecule has 0 aliphatic heterocycles. The van der Waals surface area contributed by atoms with E-state index in [4.69, 9.17) is 4.74 Å². The fourth-order valence-corrected chi connectivity index (χ4v) is 3.25. The van der Waals surface area contributed by atoms with Gasteiger partial charge in [-0.2, -0.15) is 0 Å². The lowest BCUT2D eigenvalue weighted by atomic mass is 9.82. The quantitative estimate of drug-likeness (QED) is 0.827. The number of nitrogens with one attached hydrogen (secondary N) is 2. The summed E-state index contributed by atoms with van der Waals surface area (Å²) in [6.07, 6.45) is 3.99. The highest BCUT2D eigenvalue weighted by Gasteiger charge is 2.29. The number of amides is 2. The summed E-state index contributed by atoms with van der Waals surface area (Å²) >= 11 is 0. The molecule has 0 radical (unpaired) electrons. The van der Waals surface area contributed by atoms with Gasteiger partial charge in [0.1, 0.15) is 11.8 Å². The van der Waals surface area contributed by atoms with Crippen LogP contribution in [0.15, 0.2) is 24.3 Å². The van der Waals surface area contributed by atoms with E-state index in [0.29, 0.717) is 17.4 Å². The Morgan fingerprint density at radius 1 is 1.16 bits per heavy atom. The van der Waals surface area contributed by atoms with Crippen molar-refractivity contribution in [1.82, 2.24) is 5.32 Å². The van der Waals surface area contributed by atoms with E-state index in [0.717, 1.165) is 25.7 Å². The molecule has 0 heterocycles. The van der Waals surface area contributed by atoms with Crippen molar-refractivity contribution >= 4 is 17.5 Å². The summed E-state index contributed by atoms with van der Waals surface area (Å²) in [7, 11) is 1.59. The Kier molecular flexibility index (Phi) is 6.85. The molecule has 5 nitrogen and oxygen atoms in total. The van der Waals surface area contributed by atoms with Gasteiger partial charge in [0.2, 0.25) is 11.8 Å². The number of hydrogen-bond donors (Lipinski definition) is 2. The van der Waals surface area contributed by atoms with E-state index in [1.165, 1.54) is 0 Å². The minimum atomic E-state index is -0.543. The lowest BCUT2D eigenvalue weighted by Crippen LogP contribution is -2.49. The van der Waals surface area contributed by atoms with Crippen molar-refractivity contribution in [2.75, 3.05) is 12.4 Å². The first kappa shape index (κ1) is 19.3. The fourth-order valence-electron chi connectivity index (χ4n) is 3.25. The Morgan fingerprint density at radius 3 is 2.44 bits per heavy atom. The largest absolute Gasteiger partial charge is 0.497 e. The SMILES string of the molecule is COc1cccc(NC(=O)[C@@H](NC(=O)C2CCC(C)CC2)C(C)C)c1. The molecule has 5 heteroatoms. The van der Waals surface area contributed by atoms with Gasteiger partial charge in [0.25, 0.3) is 0 Å². The van der Waals surface area contributed by atoms with Crippen LogP contribution in [-0.4, -0.2) is 25.0 Å². The fraction of sp³-hybridized carbons (Fsp3) is 0.600. The number of ether oxygens (including phenoxy) is 1. The summed E-state index contributed by atoms with van der Waals surface area (Å²) in [5.74, 6) is 1.23. The second-order valence-corrected chi connectivity index (χ2v) is 7.41. The average Bonchev–Trinajstić information content (AvgIpc) is 2.59. The number of anilines is 1. The van der Waals surface area contributed by atoms with Gasteiger partial charge in [-0.15, -0.1) is 0 Å². The predicted molar refractivity (Wildman–Crippen MR) is 99.5 cm³/mol. The molecule has 1 atom stereocenters. The molecule has 1 fully saturated rings. The molecule has 2 amide bonds. The van der Waals surface area contributed by atoms with Crippen LogP contribution in [0.4, 0.5) is 5.69 Å². The highest BCUT2D eigenvalue weighted by atomic mass is 16.5. The van der Waals surface area contributed by atoms with Crippen LogP contribution in [0.5, 0.6) is 5.75 Å². The van der Waals surface area contributed by atoms with Crippen molar-refractivity contribution in [2.24, 2.45) is 17.8 Å². The van der Waals surface area contributed by atoms with E-state index in [2.05, 4.69) is 17.6 Å². The maximum Gasteiger partial charge on any atom is 0.247 e. The molecule has 1 aromatic rings. The summed E-state index contributed by atoms with van der Waals surface area (Å²) in [6, 6.07) is 6.67. The number of benzene rings is 1. The topological polar surface area (TPSA) is 67.4 Å². The van der Waals surface area contributed by atoms with Crippen LogP contribution in [0, 0.1) is 17.8 Å². The normalized spacial score (nSPS) is 21.5. The summed E-state index contributed by atoms with van der Waals surface area (Å²) in [6.45, 7) is 6.12. The Balaban J connectivity index is 1.99. The molecular formula is C20H30N2O3. The van der Waals surface area contributed by atoms with Gasteiger partial charge in [-0.3, -0.25) is 9.59 Å². The summed E-state index contributed by atoms with van der Waals surface area (Å²) in [5.41, 5.74) is 0.663. The molecule has 0 unspecified atom stereocenters. The number of hydrogen-bond acceptors (Lipinski definition) is 3. The molecule has 1 aliphatic carbocycles. The highest BCUT2D eigenvalue weighted by Crippen LogP contribution is 2.28.